The largest absolute Gasteiger partial charge is 0.490 e. The second-order valence-electron chi connectivity index (χ2n) is 6.47. The molecule has 0 radical (unpaired) electrons. The number of aryl methyl sites for hydroxylation is 1. The van der Waals surface area contributed by atoms with Crippen LogP contribution in [0.2, 0.25) is 0 Å². The molecule has 154 valence electrons. The number of thiophene rings is 1. The number of carbonyl (C=O) groups is 2. The van der Waals surface area contributed by atoms with Crippen LogP contribution in [0.5, 0.6) is 11.5 Å². The molecule has 2 aromatic carbocycles. The number of nitrogens with one attached hydrogen (secondary N) is 1. The number of anilines is 1. The molecular formula is C24H23NO4S. The Bertz CT molecular complexity index is 1040. The van der Waals surface area contributed by atoms with Crippen molar-refractivity contribution in [3.63, 3.8) is 0 Å². The Labute approximate surface area is 180 Å². The van der Waals surface area contributed by atoms with Crippen molar-refractivity contribution in [1.29, 1.82) is 0 Å². The zero-order chi connectivity index (χ0) is 21.3. The van der Waals surface area contributed by atoms with E-state index < -0.39 is 0 Å². The molecular weight excluding hydrogens is 398 g/mol. The van der Waals surface area contributed by atoms with Crippen molar-refractivity contribution in [2.24, 2.45) is 0 Å². The average molecular weight is 422 g/mol. The quantitative estimate of drug-likeness (QED) is 0.373. The fourth-order valence-corrected chi connectivity index (χ4v) is 3.38. The maximum absolute atomic E-state index is 12.2. The number of ketones is 1. The summed E-state index contributed by atoms with van der Waals surface area (Å²) in [6.07, 6.45) is 3.27. The maximum Gasteiger partial charge on any atom is 0.262 e. The first-order valence-electron chi connectivity index (χ1n) is 9.58. The monoisotopic (exact) mass is 421 g/mol. The SMILES string of the molecule is CCOc1cc(/C=C/C(=O)c2cccs2)ccc1OCC(=O)Nc1ccccc1C. The zero-order valence-corrected chi connectivity index (χ0v) is 17.7. The van der Waals surface area contributed by atoms with E-state index in [1.54, 1.807) is 24.3 Å². The predicted molar refractivity (Wildman–Crippen MR) is 121 cm³/mol. The molecule has 0 atom stereocenters. The number of benzene rings is 2. The van der Waals surface area contributed by atoms with Crippen LogP contribution in [0, 0.1) is 6.92 Å². The molecule has 1 aromatic heterocycles. The minimum atomic E-state index is -0.253. The fraction of sp³-hybridized carbons (Fsp3) is 0.167. The van der Waals surface area contributed by atoms with Gasteiger partial charge in [0.05, 0.1) is 11.5 Å². The molecule has 1 N–H and O–H groups in total. The summed E-state index contributed by atoms with van der Waals surface area (Å²) in [5.41, 5.74) is 2.54. The molecule has 0 fully saturated rings. The van der Waals surface area contributed by atoms with E-state index in [1.807, 2.05) is 55.6 Å². The van der Waals surface area contributed by atoms with Crippen LogP contribution in [0.1, 0.15) is 27.7 Å². The number of allylic oxidation sites excluding steroid dienone is 1. The first-order valence-corrected chi connectivity index (χ1v) is 10.5. The van der Waals surface area contributed by atoms with Crippen molar-refractivity contribution in [2.75, 3.05) is 18.5 Å². The van der Waals surface area contributed by atoms with Gasteiger partial charge in [0.25, 0.3) is 5.91 Å². The second-order valence-corrected chi connectivity index (χ2v) is 7.41. The maximum atomic E-state index is 12.2. The lowest BCUT2D eigenvalue weighted by Gasteiger charge is -2.13. The zero-order valence-electron chi connectivity index (χ0n) is 16.9. The normalized spacial score (nSPS) is 10.7. The van der Waals surface area contributed by atoms with Gasteiger partial charge in [-0.15, -0.1) is 11.3 Å². The number of hydrogen-bond donors (Lipinski definition) is 1. The van der Waals surface area contributed by atoms with Gasteiger partial charge in [0.1, 0.15) is 0 Å². The first kappa shape index (κ1) is 21.3. The van der Waals surface area contributed by atoms with E-state index in [0.29, 0.717) is 23.0 Å². The number of carbonyl (C=O) groups excluding carboxylic acids is 2. The van der Waals surface area contributed by atoms with E-state index >= 15 is 0 Å². The third-order valence-electron chi connectivity index (χ3n) is 4.24. The molecule has 5 nitrogen and oxygen atoms in total. The highest BCUT2D eigenvalue weighted by atomic mass is 32.1. The first-order chi connectivity index (χ1) is 14.6. The summed E-state index contributed by atoms with van der Waals surface area (Å²) in [5, 5.41) is 4.71. The minimum Gasteiger partial charge on any atom is -0.490 e. The molecule has 0 saturated carbocycles. The number of hydrogen-bond acceptors (Lipinski definition) is 5. The van der Waals surface area contributed by atoms with Crippen molar-refractivity contribution < 1.29 is 19.1 Å². The lowest BCUT2D eigenvalue weighted by atomic mass is 10.1. The van der Waals surface area contributed by atoms with Crippen molar-refractivity contribution in [1.82, 2.24) is 0 Å². The third kappa shape index (κ3) is 5.81. The van der Waals surface area contributed by atoms with Crippen molar-refractivity contribution in [3.05, 3.63) is 82.1 Å². The summed E-state index contributed by atoms with van der Waals surface area (Å²) in [5.74, 6) is 0.693. The van der Waals surface area contributed by atoms with Gasteiger partial charge in [-0.05, 0) is 60.7 Å². The Kier molecular flexibility index (Phi) is 7.40. The van der Waals surface area contributed by atoms with Crippen molar-refractivity contribution in [2.45, 2.75) is 13.8 Å². The topological polar surface area (TPSA) is 64.6 Å². The fourth-order valence-electron chi connectivity index (χ4n) is 2.73. The van der Waals surface area contributed by atoms with Crippen LogP contribution in [0.4, 0.5) is 5.69 Å². The summed E-state index contributed by atoms with van der Waals surface area (Å²) in [7, 11) is 0. The van der Waals surface area contributed by atoms with E-state index in [-0.39, 0.29) is 18.3 Å². The van der Waals surface area contributed by atoms with Gasteiger partial charge in [-0.1, -0.05) is 36.4 Å². The molecule has 0 spiro atoms. The lowest BCUT2D eigenvalue weighted by molar-refractivity contribution is -0.118. The summed E-state index contributed by atoms with van der Waals surface area (Å²) in [6.45, 7) is 4.12. The summed E-state index contributed by atoms with van der Waals surface area (Å²) in [6, 6.07) is 16.5. The lowest BCUT2D eigenvalue weighted by Crippen LogP contribution is -2.20. The Hall–Kier alpha value is -3.38. The van der Waals surface area contributed by atoms with E-state index in [1.165, 1.54) is 17.4 Å². The van der Waals surface area contributed by atoms with E-state index in [2.05, 4.69) is 5.32 Å². The predicted octanol–water partition coefficient (Wildman–Crippen LogP) is 5.37. The molecule has 6 heteroatoms. The smallest absolute Gasteiger partial charge is 0.262 e. The number of amides is 1. The number of rotatable bonds is 9. The standard InChI is InChI=1S/C24H23NO4S/c1-3-28-22-15-18(10-12-20(26)23-9-6-14-30-23)11-13-21(22)29-16-24(27)25-19-8-5-4-7-17(19)2/h4-15H,3,16H2,1-2H3,(H,25,27)/b12-10+. The molecule has 3 rings (SSSR count). The highest BCUT2D eigenvalue weighted by Crippen LogP contribution is 2.29. The molecule has 0 saturated heterocycles. The van der Waals surface area contributed by atoms with Gasteiger partial charge in [-0.3, -0.25) is 9.59 Å². The molecule has 3 aromatic rings. The Morgan fingerprint density at radius 2 is 1.87 bits per heavy atom. The van der Waals surface area contributed by atoms with Crippen LogP contribution in [-0.4, -0.2) is 24.9 Å². The Balaban J connectivity index is 1.65. The number of ether oxygens (including phenoxy) is 2. The van der Waals surface area contributed by atoms with Gasteiger partial charge in [0.2, 0.25) is 0 Å². The Morgan fingerprint density at radius 3 is 2.60 bits per heavy atom. The molecule has 30 heavy (non-hydrogen) atoms. The van der Waals surface area contributed by atoms with Gasteiger partial charge in [-0.2, -0.15) is 0 Å². The summed E-state index contributed by atoms with van der Waals surface area (Å²) < 4.78 is 11.3. The van der Waals surface area contributed by atoms with Gasteiger partial charge < -0.3 is 14.8 Å². The Morgan fingerprint density at radius 1 is 1.03 bits per heavy atom. The second kappa shape index (κ2) is 10.4. The van der Waals surface area contributed by atoms with E-state index in [9.17, 15) is 9.59 Å². The van der Waals surface area contributed by atoms with Crippen LogP contribution in [-0.2, 0) is 4.79 Å². The molecule has 0 aliphatic rings. The van der Waals surface area contributed by atoms with Crippen molar-refractivity contribution >= 4 is 34.8 Å². The van der Waals surface area contributed by atoms with Crippen LogP contribution < -0.4 is 14.8 Å². The molecule has 0 aliphatic carbocycles. The molecule has 0 unspecified atom stereocenters. The number of para-hydroxylation sites is 1. The van der Waals surface area contributed by atoms with Crippen LogP contribution in [0.25, 0.3) is 6.08 Å². The van der Waals surface area contributed by atoms with Crippen molar-refractivity contribution in [3.8, 4) is 11.5 Å². The van der Waals surface area contributed by atoms with Crippen LogP contribution in [0.3, 0.4) is 0 Å². The van der Waals surface area contributed by atoms with E-state index in [4.69, 9.17) is 9.47 Å². The van der Waals surface area contributed by atoms with Gasteiger partial charge in [0, 0.05) is 5.69 Å². The molecule has 0 bridgehead atoms. The summed E-state index contributed by atoms with van der Waals surface area (Å²) >= 11 is 1.41. The van der Waals surface area contributed by atoms with Gasteiger partial charge in [0.15, 0.2) is 23.9 Å². The molecule has 1 amide bonds. The highest BCUT2D eigenvalue weighted by molar-refractivity contribution is 7.12. The average Bonchev–Trinajstić information content (AvgIpc) is 3.28. The third-order valence-corrected chi connectivity index (χ3v) is 5.12. The highest BCUT2D eigenvalue weighted by Gasteiger charge is 2.10. The molecule has 0 aliphatic heterocycles. The summed E-state index contributed by atoms with van der Waals surface area (Å²) in [4.78, 5) is 25.1. The van der Waals surface area contributed by atoms with Crippen LogP contribution >= 0.6 is 11.3 Å². The van der Waals surface area contributed by atoms with Crippen LogP contribution in [0.15, 0.2) is 66.1 Å². The minimum absolute atomic E-state index is 0.0452. The van der Waals surface area contributed by atoms with E-state index in [0.717, 1.165) is 16.8 Å². The molecule has 1 heterocycles. The van der Waals surface area contributed by atoms with Gasteiger partial charge in [-0.25, -0.2) is 0 Å². The van der Waals surface area contributed by atoms with Gasteiger partial charge >= 0.3 is 0 Å².